The van der Waals surface area contributed by atoms with Crippen LogP contribution in [0.15, 0.2) is 128 Å². The van der Waals surface area contributed by atoms with Crippen LogP contribution >= 0.6 is 0 Å². The third-order valence-corrected chi connectivity index (χ3v) is 7.22. The third-order valence-electron chi connectivity index (χ3n) is 6.35. The number of amides is 1. The number of nitrogens with one attached hydrogen (secondary N) is 1. The molecule has 210 valence electrons. The van der Waals surface area contributed by atoms with Crippen LogP contribution in [0.4, 0.5) is 28.4 Å². The van der Waals surface area contributed by atoms with E-state index in [1.54, 1.807) is 66.7 Å². The SMILES string of the molecule is CCc1cc2cc(NC(=O)c3ccccc3)ccc2c([O-])c1N=Nc1ccc(N=Nc2ccc(S(=O)(=O)O)cc2)cc1.[Na+]. The summed E-state index contributed by atoms with van der Waals surface area (Å²) in [6, 6.07) is 27.9. The first-order chi connectivity index (χ1) is 20.2. The van der Waals surface area contributed by atoms with Crippen molar-refractivity contribution < 1.29 is 52.4 Å². The van der Waals surface area contributed by atoms with E-state index in [0.29, 0.717) is 45.5 Å². The van der Waals surface area contributed by atoms with Crippen LogP contribution in [-0.4, -0.2) is 18.9 Å². The summed E-state index contributed by atoms with van der Waals surface area (Å²) < 4.78 is 31.4. The van der Waals surface area contributed by atoms with Gasteiger partial charge in [0.05, 0.1) is 27.6 Å². The summed E-state index contributed by atoms with van der Waals surface area (Å²) >= 11 is 0. The second-order valence-electron chi connectivity index (χ2n) is 9.21. The van der Waals surface area contributed by atoms with Gasteiger partial charge in [-0.3, -0.25) is 9.35 Å². The van der Waals surface area contributed by atoms with Crippen molar-refractivity contribution in [1.82, 2.24) is 0 Å². The van der Waals surface area contributed by atoms with Gasteiger partial charge >= 0.3 is 29.6 Å². The van der Waals surface area contributed by atoms with Crippen LogP contribution in [0.5, 0.6) is 5.75 Å². The van der Waals surface area contributed by atoms with E-state index in [-0.39, 0.29) is 51.8 Å². The summed E-state index contributed by atoms with van der Waals surface area (Å²) in [7, 11) is -4.27. The predicted octanol–water partition coefficient (Wildman–Crippen LogP) is 4.81. The van der Waals surface area contributed by atoms with Crippen molar-refractivity contribution in [2.45, 2.75) is 18.2 Å². The van der Waals surface area contributed by atoms with E-state index < -0.39 is 10.1 Å². The minimum absolute atomic E-state index is 0. The van der Waals surface area contributed by atoms with Gasteiger partial charge in [0, 0.05) is 11.3 Å². The van der Waals surface area contributed by atoms with E-state index in [4.69, 9.17) is 4.55 Å². The first-order valence-corrected chi connectivity index (χ1v) is 14.3. The Balaban J connectivity index is 0.00000423. The number of benzene rings is 5. The van der Waals surface area contributed by atoms with Crippen LogP contribution < -0.4 is 40.0 Å². The Morgan fingerprint density at radius 3 is 1.91 bits per heavy atom. The number of hydrogen-bond acceptors (Lipinski definition) is 8. The predicted molar refractivity (Wildman–Crippen MR) is 158 cm³/mol. The number of fused-ring (bicyclic) bond motifs is 1. The Kier molecular flexibility index (Phi) is 10.2. The van der Waals surface area contributed by atoms with Gasteiger partial charge in [0.1, 0.15) is 0 Å². The number of carbonyl (C=O) groups excluding carboxylic acids is 1. The molecule has 0 unspecified atom stereocenters. The maximum atomic E-state index is 13.3. The summed E-state index contributed by atoms with van der Waals surface area (Å²) in [6.07, 6.45) is 0.560. The molecule has 2 N–H and O–H groups in total. The third kappa shape index (κ3) is 7.78. The molecule has 1 amide bonds. The van der Waals surface area contributed by atoms with E-state index in [1.165, 1.54) is 24.3 Å². The Bertz CT molecular complexity index is 1930. The van der Waals surface area contributed by atoms with Gasteiger partial charge in [0.25, 0.3) is 16.0 Å². The summed E-state index contributed by atoms with van der Waals surface area (Å²) in [5, 5.41) is 34.1. The van der Waals surface area contributed by atoms with Crippen LogP contribution in [0.2, 0.25) is 0 Å². The maximum absolute atomic E-state index is 13.3. The molecular formula is C31H24N5NaO5S. The largest absolute Gasteiger partial charge is 1.00 e. The standard InChI is InChI=1S/C31H25N5O5S.Na/c1-2-20-18-22-19-26(32-31(38)21-6-4-3-5-7-21)14-17-28(22)30(37)29(20)36-35-24-10-8-23(9-11-24)33-34-25-12-15-27(16-13-25)42(39,40)41;/h3-19,37H,2H2,1H3,(H,32,38)(H,39,40,41);/q;+1/p-1. The molecule has 0 saturated carbocycles. The number of aryl methyl sites for hydroxylation is 1. The second kappa shape index (κ2) is 13.8. The number of hydrogen-bond donors (Lipinski definition) is 2. The van der Waals surface area contributed by atoms with Gasteiger partial charge in [0.15, 0.2) is 0 Å². The van der Waals surface area contributed by atoms with Crippen LogP contribution in [0.25, 0.3) is 10.8 Å². The van der Waals surface area contributed by atoms with Gasteiger partial charge in [-0.05, 0) is 102 Å². The Morgan fingerprint density at radius 2 is 1.35 bits per heavy atom. The van der Waals surface area contributed by atoms with Crippen molar-refractivity contribution in [3.8, 4) is 5.75 Å². The van der Waals surface area contributed by atoms with E-state index >= 15 is 0 Å². The van der Waals surface area contributed by atoms with Crippen molar-refractivity contribution in [2.75, 3.05) is 5.32 Å². The quantitative estimate of drug-likeness (QED) is 0.148. The molecule has 0 aliphatic heterocycles. The minimum Gasteiger partial charge on any atom is -0.871 e. The molecule has 0 aromatic heterocycles. The molecule has 5 aromatic rings. The molecule has 0 radical (unpaired) electrons. The van der Waals surface area contributed by atoms with Crippen LogP contribution in [-0.2, 0) is 16.5 Å². The summed E-state index contributed by atoms with van der Waals surface area (Å²) in [5.74, 6) is -0.486. The van der Waals surface area contributed by atoms with E-state index in [2.05, 4.69) is 25.8 Å². The first-order valence-electron chi connectivity index (χ1n) is 12.9. The van der Waals surface area contributed by atoms with Gasteiger partial charge in [-0.25, -0.2) is 0 Å². The zero-order valence-corrected chi connectivity index (χ0v) is 26.1. The van der Waals surface area contributed by atoms with Gasteiger partial charge in [-0.1, -0.05) is 36.9 Å². The van der Waals surface area contributed by atoms with Crippen molar-refractivity contribution in [2.24, 2.45) is 20.5 Å². The first kappa shape index (κ1) is 31.7. The number of azo groups is 2. The Hall–Kier alpha value is -4.26. The molecule has 0 bridgehead atoms. The number of carbonyl (C=O) groups is 1. The summed E-state index contributed by atoms with van der Waals surface area (Å²) in [5.41, 5.74) is 3.54. The molecule has 10 nitrogen and oxygen atoms in total. The van der Waals surface area contributed by atoms with Crippen LogP contribution in [0.1, 0.15) is 22.8 Å². The molecule has 0 saturated heterocycles. The molecule has 0 fully saturated rings. The van der Waals surface area contributed by atoms with Gasteiger partial charge < -0.3 is 10.4 Å². The molecule has 0 atom stereocenters. The average Bonchev–Trinajstić information content (AvgIpc) is 3.00. The molecule has 0 spiro atoms. The molecular weight excluding hydrogens is 577 g/mol. The fourth-order valence-electron chi connectivity index (χ4n) is 4.16. The van der Waals surface area contributed by atoms with Crippen molar-refractivity contribution in [1.29, 1.82) is 0 Å². The minimum atomic E-state index is -4.27. The fourth-order valence-corrected chi connectivity index (χ4v) is 4.64. The number of anilines is 1. The number of nitrogens with zero attached hydrogens (tertiary/aromatic N) is 4. The summed E-state index contributed by atoms with van der Waals surface area (Å²) in [4.78, 5) is 12.3. The normalized spacial score (nSPS) is 11.6. The Labute approximate surface area is 270 Å². The topological polar surface area (TPSA) is 156 Å². The second-order valence-corrected chi connectivity index (χ2v) is 10.6. The van der Waals surface area contributed by atoms with Gasteiger partial charge in [0.2, 0.25) is 0 Å². The molecule has 12 heteroatoms. The molecule has 0 aliphatic rings. The summed E-state index contributed by atoms with van der Waals surface area (Å²) in [6.45, 7) is 1.93. The monoisotopic (exact) mass is 601 g/mol. The molecule has 43 heavy (non-hydrogen) atoms. The number of rotatable bonds is 8. The van der Waals surface area contributed by atoms with Crippen LogP contribution in [0.3, 0.4) is 0 Å². The van der Waals surface area contributed by atoms with Gasteiger partial charge in [-0.2, -0.15) is 28.9 Å². The smallest absolute Gasteiger partial charge is 0.871 e. The van der Waals surface area contributed by atoms with E-state index in [1.807, 2.05) is 19.1 Å². The molecule has 5 rings (SSSR count). The Morgan fingerprint density at radius 1 is 0.791 bits per heavy atom. The van der Waals surface area contributed by atoms with Crippen LogP contribution in [0, 0.1) is 0 Å². The zero-order chi connectivity index (χ0) is 29.7. The zero-order valence-electron chi connectivity index (χ0n) is 23.3. The fraction of sp³-hybridized carbons (Fsp3) is 0.0645. The molecule has 0 aliphatic carbocycles. The van der Waals surface area contributed by atoms with Gasteiger partial charge in [-0.15, -0.1) is 0 Å². The molecule has 0 heterocycles. The van der Waals surface area contributed by atoms with Crippen molar-refractivity contribution in [3.63, 3.8) is 0 Å². The van der Waals surface area contributed by atoms with Crippen molar-refractivity contribution >= 4 is 55.2 Å². The molecule has 5 aromatic carbocycles. The average molecular weight is 602 g/mol. The van der Waals surface area contributed by atoms with E-state index in [9.17, 15) is 18.3 Å². The maximum Gasteiger partial charge on any atom is 1.00 e. The van der Waals surface area contributed by atoms with E-state index in [0.717, 1.165) is 5.56 Å². The van der Waals surface area contributed by atoms with Crippen molar-refractivity contribution in [3.05, 3.63) is 114 Å².